The second kappa shape index (κ2) is 5.97. The van der Waals surface area contributed by atoms with E-state index in [1.165, 1.54) is 16.8 Å². The second-order valence-electron chi connectivity index (χ2n) is 4.58. The molecule has 1 aromatic carbocycles. The fraction of sp³-hybridized carbons (Fsp3) is 0.214. The zero-order valence-corrected chi connectivity index (χ0v) is 12.2. The first kappa shape index (κ1) is 15.1. The van der Waals surface area contributed by atoms with Crippen molar-refractivity contribution in [1.29, 1.82) is 0 Å². The number of para-hydroxylation sites is 1. The summed E-state index contributed by atoms with van der Waals surface area (Å²) in [4.78, 5) is 23.2. The van der Waals surface area contributed by atoms with Gasteiger partial charge in [-0.25, -0.2) is 9.59 Å². The van der Waals surface area contributed by atoms with Crippen molar-refractivity contribution in [3.05, 3.63) is 46.7 Å². The Hall–Kier alpha value is -2.34. The van der Waals surface area contributed by atoms with Crippen LogP contribution in [0.15, 0.2) is 30.3 Å². The van der Waals surface area contributed by atoms with Crippen LogP contribution in [0.3, 0.4) is 0 Å². The predicted octanol–water partition coefficient (Wildman–Crippen LogP) is 3.03. The SMILES string of the molecule is CC(C)n1nc(C(=O)Oc2ccccc2Cl)cc1C(=O)O. The molecule has 1 N–H and O–H groups in total. The second-order valence-corrected chi connectivity index (χ2v) is 4.99. The maximum absolute atomic E-state index is 12.0. The Morgan fingerprint density at radius 1 is 1.33 bits per heavy atom. The number of carboxylic acids is 1. The van der Waals surface area contributed by atoms with E-state index in [9.17, 15) is 9.59 Å². The normalized spacial score (nSPS) is 10.7. The van der Waals surface area contributed by atoms with Gasteiger partial charge in [-0.1, -0.05) is 23.7 Å². The van der Waals surface area contributed by atoms with Gasteiger partial charge in [0.25, 0.3) is 0 Å². The van der Waals surface area contributed by atoms with E-state index in [0.29, 0.717) is 0 Å². The Morgan fingerprint density at radius 2 is 2.00 bits per heavy atom. The third-order valence-corrected chi connectivity index (χ3v) is 3.00. The lowest BCUT2D eigenvalue weighted by atomic mass is 10.3. The van der Waals surface area contributed by atoms with Crippen molar-refractivity contribution in [1.82, 2.24) is 9.78 Å². The minimum absolute atomic E-state index is 0.0730. The van der Waals surface area contributed by atoms with Gasteiger partial charge in [0.15, 0.2) is 5.69 Å². The topological polar surface area (TPSA) is 81.4 Å². The number of halogens is 1. The molecule has 2 aromatic rings. The molecular formula is C14H13ClN2O4. The summed E-state index contributed by atoms with van der Waals surface area (Å²) in [5, 5.41) is 13.4. The highest BCUT2D eigenvalue weighted by molar-refractivity contribution is 6.32. The Labute approximate surface area is 125 Å². The van der Waals surface area contributed by atoms with E-state index < -0.39 is 11.9 Å². The summed E-state index contributed by atoms with van der Waals surface area (Å²) in [7, 11) is 0. The minimum Gasteiger partial charge on any atom is -0.477 e. The van der Waals surface area contributed by atoms with E-state index in [0.717, 1.165) is 0 Å². The lowest BCUT2D eigenvalue weighted by Gasteiger charge is -2.07. The third-order valence-electron chi connectivity index (χ3n) is 2.69. The van der Waals surface area contributed by atoms with Crippen LogP contribution in [0.1, 0.15) is 40.9 Å². The Bertz CT molecular complexity index is 694. The molecule has 0 fully saturated rings. The zero-order chi connectivity index (χ0) is 15.6. The quantitative estimate of drug-likeness (QED) is 0.693. The van der Waals surface area contributed by atoms with Crippen LogP contribution in [0.4, 0.5) is 0 Å². The molecule has 0 saturated carbocycles. The largest absolute Gasteiger partial charge is 0.477 e. The van der Waals surface area contributed by atoms with Crippen LogP contribution >= 0.6 is 11.6 Å². The zero-order valence-electron chi connectivity index (χ0n) is 11.4. The summed E-state index contributed by atoms with van der Waals surface area (Å²) in [5.74, 6) is -1.72. The van der Waals surface area contributed by atoms with E-state index in [4.69, 9.17) is 21.4 Å². The molecule has 0 aliphatic carbocycles. The Balaban J connectivity index is 2.30. The summed E-state index contributed by atoms with van der Waals surface area (Å²) in [6, 6.07) is 7.48. The number of hydrogen-bond acceptors (Lipinski definition) is 4. The first-order valence-electron chi connectivity index (χ1n) is 6.19. The highest BCUT2D eigenvalue weighted by Gasteiger charge is 2.21. The van der Waals surface area contributed by atoms with Crippen LogP contribution in [0, 0.1) is 0 Å². The summed E-state index contributed by atoms with van der Waals surface area (Å²) in [6.07, 6.45) is 0. The highest BCUT2D eigenvalue weighted by atomic mass is 35.5. The van der Waals surface area contributed by atoms with Crippen LogP contribution in [0.5, 0.6) is 5.75 Å². The number of nitrogens with zero attached hydrogens (tertiary/aromatic N) is 2. The first-order valence-corrected chi connectivity index (χ1v) is 6.57. The molecule has 0 atom stereocenters. The molecule has 6 nitrogen and oxygen atoms in total. The van der Waals surface area contributed by atoms with Crippen molar-refractivity contribution >= 4 is 23.5 Å². The molecule has 0 aliphatic heterocycles. The lowest BCUT2D eigenvalue weighted by molar-refractivity contribution is 0.0679. The van der Waals surface area contributed by atoms with Crippen molar-refractivity contribution < 1.29 is 19.4 Å². The molecule has 110 valence electrons. The number of esters is 1. The van der Waals surface area contributed by atoms with Crippen molar-refractivity contribution in [2.45, 2.75) is 19.9 Å². The molecule has 21 heavy (non-hydrogen) atoms. The number of carboxylic acid groups (broad SMARTS) is 1. The standard InChI is InChI=1S/C14H13ClN2O4/c1-8(2)17-11(13(18)19)7-10(16-17)14(20)21-12-6-4-3-5-9(12)15/h3-8H,1-2H3,(H,18,19). The number of carbonyl (C=O) groups is 2. The fourth-order valence-corrected chi connectivity index (χ4v) is 1.90. The van der Waals surface area contributed by atoms with Crippen LogP contribution in [0.2, 0.25) is 5.02 Å². The van der Waals surface area contributed by atoms with Crippen LogP contribution in [0.25, 0.3) is 0 Å². The average Bonchev–Trinajstić information content (AvgIpc) is 2.87. The number of rotatable bonds is 4. The Kier molecular flexibility index (Phi) is 4.28. The van der Waals surface area contributed by atoms with E-state index in [1.54, 1.807) is 32.0 Å². The predicted molar refractivity (Wildman–Crippen MR) is 76.0 cm³/mol. The molecule has 1 heterocycles. The van der Waals surface area contributed by atoms with Crippen LogP contribution in [-0.2, 0) is 0 Å². The highest BCUT2D eigenvalue weighted by Crippen LogP contribution is 2.24. The van der Waals surface area contributed by atoms with E-state index in [1.807, 2.05) is 0 Å². The van der Waals surface area contributed by atoms with Crippen LogP contribution in [-0.4, -0.2) is 26.8 Å². The molecule has 2 rings (SSSR count). The summed E-state index contributed by atoms with van der Waals surface area (Å²) in [5.41, 5.74) is -0.155. The third kappa shape index (κ3) is 3.22. The molecule has 0 unspecified atom stereocenters. The van der Waals surface area contributed by atoms with Gasteiger partial charge in [-0.05, 0) is 26.0 Å². The van der Waals surface area contributed by atoms with Crippen molar-refractivity contribution in [3.63, 3.8) is 0 Å². The number of aromatic carboxylic acids is 1. The molecule has 0 radical (unpaired) electrons. The van der Waals surface area contributed by atoms with Gasteiger partial charge in [0.2, 0.25) is 0 Å². The van der Waals surface area contributed by atoms with E-state index >= 15 is 0 Å². The molecule has 7 heteroatoms. The fourth-order valence-electron chi connectivity index (χ4n) is 1.73. The van der Waals surface area contributed by atoms with Gasteiger partial charge >= 0.3 is 11.9 Å². The smallest absolute Gasteiger partial charge is 0.364 e. The summed E-state index contributed by atoms with van der Waals surface area (Å²) in [6.45, 7) is 3.53. The van der Waals surface area contributed by atoms with Gasteiger partial charge in [-0.2, -0.15) is 5.10 Å². The van der Waals surface area contributed by atoms with Gasteiger partial charge < -0.3 is 9.84 Å². The number of hydrogen-bond donors (Lipinski definition) is 1. The lowest BCUT2D eigenvalue weighted by Crippen LogP contribution is -2.13. The Morgan fingerprint density at radius 3 is 2.52 bits per heavy atom. The number of benzene rings is 1. The molecular weight excluding hydrogens is 296 g/mol. The van der Waals surface area contributed by atoms with Gasteiger partial charge in [0.1, 0.15) is 11.4 Å². The number of ether oxygens (including phenoxy) is 1. The maximum atomic E-state index is 12.0. The van der Waals surface area contributed by atoms with Crippen molar-refractivity contribution in [3.8, 4) is 5.75 Å². The molecule has 0 amide bonds. The van der Waals surface area contributed by atoms with Gasteiger partial charge in [-0.3, -0.25) is 4.68 Å². The molecule has 0 aliphatic rings. The summed E-state index contributed by atoms with van der Waals surface area (Å²) < 4.78 is 6.37. The van der Waals surface area contributed by atoms with Gasteiger partial charge in [0.05, 0.1) is 5.02 Å². The number of carbonyl (C=O) groups excluding carboxylic acids is 1. The van der Waals surface area contributed by atoms with Crippen LogP contribution < -0.4 is 4.74 Å². The van der Waals surface area contributed by atoms with Crippen molar-refractivity contribution in [2.24, 2.45) is 0 Å². The van der Waals surface area contributed by atoms with Gasteiger partial charge in [-0.15, -0.1) is 0 Å². The van der Waals surface area contributed by atoms with E-state index in [-0.39, 0.29) is 28.2 Å². The first-order chi connectivity index (χ1) is 9.90. The number of aromatic nitrogens is 2. The monoisotopic (exact) mass is 308 g/mol. The molecule has 0 saturated heterocycles. The minimum atomic E-state index is -1.16. The summed E-state index contributed by atoms with van der Waals surface area (Å²) >= 11 is 5.90. The maximum Gasteiger partial charge on any atom is 0.364 e. The molecule has 0 bridgehead atoms. The molecule has 1 aromatic heterocycles. The average molecular weight is 309 g/mol. The van der Waals surface area contributed by atoms with E-state index in [2.05, 4.69) is 5.10 Å². The van der Waals surface area contributed by atoms with Gasteiger partial charge in [0, 0.05) is 12.1 Å². The molecule has 0 spiro atoms. The van der Waals surface area contributed by atoms with Crippen molar-refractivity contribution in [2.75, 3.05) is 0 Å².